The van der Waals surface area contributed by atoms with Gasteiger partial charge in [-0.25, -0.2) is 9.97 Å². The maximum absolute atomic E-state index is 13.8. The molecule has 38 heavy (non-hydrogen) atoms. The van der Waals surface area contributed by atoms with Crippen LogP contribution in [0.3, 0.4) is 0 Å². The van der Waals surface area contributed by atoms with Crippen LogP contribution in [0.1, 0.15) is 27.9 Å². The molecule has 0 spiro atoms. The largest absolute Gasteiger partial charge is 0.378 e. The molecule has 0 saturated carbocycles. The van der Waals surface area contributed by atoms with Gasteiger partial charge in [-0.05, 0) is 61.2 Å². The fraction of sp³-hybridized carbons (Fsp3) is 0.241. The van der Waals surface area contributed by atoms with Gasteiger partial charge in [0, 0.05) is 48.3 Å². The van der Waals surface area contributed by atoms with Crippen LogP contribution in [-0.2, 0) is 16.1 Å². The van der Waals surface area contributed by atoms with Crippen molar-refractivity contribution in [2.75, 3.05) is 30.1 Å². The Kier molecular flexibility index (Phi) is 9.15. The minimum atomic E-state index is -0.794. The molecule has 4 rings (SSSR count). The number of amides is 2. The van der Waals surface area contributed by atoms with E-state index in [4.69, 9.17) is 0 Å². The van der Waals surface area contributed by atoms with E-state index < -0.39 is 6.04 Å². The molecule has 7 nitrogen and oxygen atoms in total. The van der Waals surface area contributed by atoms with Crippen LogP contribution in [0, 0.1) is 13.8 Å². The van der Waals surface area contributed by atoms with E-state index >= 15 is 0 Å². The summed E-state index contributed by atoms with van der Waals surface area (Å²) in [5, 5.41) is 5.50. The molecule has 196 valence electrons. The molecule has 2 aromatic heterocycles. The van der Waals surface area contributed by atoms with Gasteiger partial charge in [0.25, 0.3) is 5.91 Å². The van der Waals surface area contributed by atoms with Crippen LogP contribution in [0.25, 0.3) is 0 Å². The van der Waals surface area contributed by atoms with Crippen molar-refractivity contribution in [2.45, 2.75) is 31.6 Å². The van der Waals surface area contributed by atoms with E-state index in [1.54, 1.807) is 4.90 Å². The van der Waals surface area contributed by atoms with Gasteiger partial charge in [0.05, 0.1) is 5.75 Å². The number of aryl methyl sites for hydroxylation is 2. The van der Waals surface area contributed by atoms with Crippen LogP contribution in [0.4, 0.5) is 11.4 Å². The van der Waals surface area contributed by atoms with Gasteiger partial charge in [-0.2, -0.15) is 0 Å². The molecule has 0 radical (unpaired) electrons. The monoisotopic (exact) mass is 545 g/mol. The standard InChI is InChI=1S/C29H31N5O2S2/c1-20-17-21(2)31-29(30-20)38-19-26(35)34(18-22-9-6-5-7-10-22)27(25-11-8-16-37-25)28(36)32-23-12-14-24(15-13-23)33(3)4/h5-17,27H,18-19H2,1-4H3,(H,32,36). The third kappa shape index (κ3) is 7.20. The van der Waals surface area contributed by atoms with Crippen molar-refractivity contribution in [1.29, 1.82) is 0 Å². The molecule has 2 heterocycles. The third-order valence-electron chi connectivity index (χ3n) is 5.83. The average Bonchev–Trinajstić information content (AvgIpc) is 3.42. The zero-order chi connectivity index (χ0) is 27.1. The van der Waals surface area contributed by atoms with E-state index in [2.05, 4.69) is 15.3 Å². The molecule has 0 bridgehead atoms. The predicted octanol–water partition coefficient (Wildman–Crippen LogP) is 5.72. The number of carbonyl (C=O) groups is 2. The number of anilines is 2. The summed E-state index contributed by atoms with van der Waals surface area (Å²) in [5.74, 6) is -0.317. The zero-order valence-corrected chi connectivity index (χ0v) is 23.6. The molecule has 1 atom stereocenters. The van der Waals surface area contributed by atoms with Gasteiger partial charge in [0.15, 0.2) is 5.16 Å². The molecule has 1 unspecified atom stereocenters. The number of hydrogen-bond acceptors (Lipinski definition) is 7. The summed E-state index contributed by atoms with van der Waals surface area (Å²) in [5.41, 5.74) is 4.35. The maximum Gasteiger partial charge on any atom is 0.252 e. The molecular weight excluding hydrogens is 514 g/mol. The van der Waals surface area contributed by atoms with Crippen LogP contribution >= 0.6 is 23.1 Å². The summed E-state index contributed by atoms with van der Waals surface area (Å²) in [4.78, 5) is 40.9. The number of rotatable bonds is 10. The minimum absolute atomic E-state index is 0.114. The number of aromatic nitrogens is 2. The van der Waals surface area contributed by atoms with Gasteiger partial charge in [-0.1, -0.05) is 48.2 Å². The van der Waals surface area contributed by atoms with E-state index in [9.17, 15) is 9.59 Å². The topological polar surface area (TPSA) is 78.4 Å². The van der Waals surface area contributed by atoms with Crippen molar-refractivity contribution in [3.63, 3.8) is 0 Å². The number of thiophene rings is 1. The lowest BCUT2D eigenvalue weighted by atomic mass is 10.1. The first-order valence-corrected chi connectivity index (χ1v) is 14.1. The Bertz CT molecular complexity index is 1340. The first kappa shape index (κ1) is 27.3. The summed E-state index contributed by atoms with van der Waals surface area (Å²) < 4.78 is 0. The number of thioether (sulfide) groups is 1. The van der Waals surface area contributed by atoms with E-state index in [0.717, 1.165) is 27.5 Å². The number of benzene rings is 2. The molecular formula is C29H31N5O2S2. The fourth-order valence-electron chi connectivity index (χ4n) is 4.00. The van der Waals surface area contributed by atoms with Crippen molar-refractivity contribution < 1.29 is 9.59 Å². The van der Waals surface area contributed by atoms with E-state index in [-0.39, 0.29) is 17.6 Å². The quantitative estimate of drug-likeness (QED) is 0.203. The first-order chi connectivity index (χ1) is 18.3. The molecule has 0 aliphatic carbocycles. The Balaban J connectivity index is 1.62. The Morgan fingerprint density at radius 1 is 0.947 bits per heavy atom. The van der Waals surface area contributed by atoms with Gasteiger partial charge in [-0.3, -0.25) is 9.59 Å². The number of hydrogen-bond donors (Lipinski definition) is 1. The van der Waals surface area contributed by atoms with Gasteiger partial charge < -0.3 is 15.1 Å². The predicted molar refractivity (Wildman–Crippen MR) is 156 cm³/mol. The van der Waals surface area contributed by atoms with Crippen molar-refractivity contribution in [2.24, 2.45) is 0 Å². The Morgan fingerprint density at radius 3 is 2.24 bits per heavy atom. The summed E-state index contributed by atoms with van der Waals surface area (Å²) in [7, 11) is 3.93. The lowest BCUT2D eigenvalue weighted by Gasteiger charge is -2.30. The second kappa shape index (κ2) is 12.7. The van der Waals surface area contributed by atoms with Crippen LogP contribution in [0.15, 0.2) is 83.3 Å². The Labute approximate surface area is 231 Å². The average molecular weight is 546 g/mol. The van der Waals surface area contributed by atoms with Crippen LogP contribution in [-0.4, -0.2) is 46.5 Å². The molecule has 0 saturated heterocycles. The second-order valence-corrected chi connectivity index (χ2v) is 11.0. The first-order valence-electron chi connectivity index (χ1n) is 12.2. The van der Waals surface area contributed by atoms with Gasteiger partial charge in [0.2, 0.25) is 5.91 Å². The highest BCUT2D eigenvalue weighted by Crippen LogP contribution is 2.30. The summed E-state index contributed by atoms with van der Waals surface area (Å²) in [6.45, 7) is 4.11. The van der Waals surface area contributed by atoms with Gasteiger partial charge in [0.1, 0.15) is 6.04 Å². The van der Waals surface area contributed by atoms with Crippen molar-refractivity contribution in [3.05, 3.63) is 100 Å². The van der Waals surface area contributed by atoms with E-state index in [1.165, 1.54) is 23.1 Å². The fourth-order valence-corrected chi connectivity index (χ4v) is 5.67. The molecule has 0 aliphatic rings. The van der Waals surface area contributed by atoms with E-state index in [1.807, 2.05) is 111 Å². The molecule has 0 fully saturated rings. The number of carbonyl (C=O) groups excluding carboxylic acids is 2. The van der Waals surface area contributed by atoms with E-state index in [0.29, 0.717) is 17.4 Å². The highest BCUT2D eigenvalue weighted by Gasteiger charge is 2.32. The van der Waals surface area contributed by atoms with Crippen molar-refractivity contribution in [3.8, 4) is 0 Å². The lowest BCUT2D eigenvalue weighted by molar-refractivity contribution is -0.137. The van der Waals surface area contributed by atoms with Crippen molar-refractivity contribution >= 4 is 46.3 Å². The summed E-state index contributed by atoms with van der Waals surface area (Å²) >= 11 is 2.74. The SMILES string of the molecule is Cc1cc(C)nc(SCC(=O)N(Cc2ccccc2)C(C(=O)Nc2ccc(N(C)C)cc2)c2cccs2)n1. The third-order valence-corrected chi connectivity index (χ3v) is 7.58. The van der Waals surface area contributed by atoms with Crippen molar-refractivity contribution in [1.82, 2.24) is 14.9 Å². The molecule has 2 aromatic carbocycles. The summed E-state index contributed by atoms with van der Waals surface area (Å²) in [6.07, 6.45) is 0. The van der Waals surface area contributed by atoms with Crippen LogP contribution in [0.5, 0.6) is 0 Å². The van der Waals surface area contributed by atoms with Gasteiger partial charge >= 0.3 is 0 Å². The molecule has 2 amide bonds. The molecule has 0 aliphatic heterocycles. The lowest BCUT2D eigenvalue weighted by Crippen LogP contribution is -2.41. The molecule has 9 heteroatoms. The van der Waals surface area contributed by atoms with Crippen LogP contribution < -0.4 is 10.2 Å². The zero-order valence-electron chi connectivity index (χ0n) is 21.9. The number of nitrogens with zero attached hydrogens (tertiary/aromatic N) is 4. The van der Waals surface area contributed by atoms with Crippen LogP contribution in [0.2, 0.25) is 0 Å². The molecule has 4 aromatic rings. The minimum Gasteiger partial charge on any atom is -0.378 e. The number of nitrogens with one attached hydrogen (secondary N) is 1. The Hall–Kier alpha value is -3.69. The smallest absolute Gasteiger partial charge is 0.252 e. The maximum atomic E-state index is 13.8. The highest BCUT2D eigenvalue weighted by atomic mass is 32.2. The highest BCUT2D eigenvalue weighted by molar-refractivity contribution is 7.99. The normalized spacial score (nSPS) is 11.6. The second-order valence-electron chi connectivity index (χ2n) is 9.08. The van der Waals surface area contributed by atoms with Gasteiger partial charge in [-0.15, -0.1) is 11.3 Å². The molecule has 1 N–H and O–H groups in total. The summed E-state index contributed by atoms with van der Waals surface area (Å²) in [6, 6.07) is 22.3. The Morgan fingerprint density at radius 2 is 1.63 bits per heavy atom.